The summed E-state index contributed by atoms with van der Waals surface area (Å²) < 4.78 is 18.7. The van der Waals surface area contributed by atoms with Gasteiger partial charge in [-0.1, -0.05) is 12.1 Å². The molecule has 0 saturated carbocycles. The molecule has 1 atom stereocenters. The first-order chi connectivity index (χ1) is 10.0. The zero-order valence-corrected chi connectivity index (χ0v) is 13.3. The third kappa shape index (κ3) is 3.82. The summed E-state index contributed by atoms with van der Waals surface area (Å²) in [5.74, 6) is 0.171. The summed E-state index contributed by atoms with van der Waals surface area (Å²) in [6.45, 7) is 1.85. The van der Waals surface area contributed by atoms with Crippen LogP contribution in [0.3, 0.4) is 0 Å². The van der Waals surface area contributed by atoms with Crippen molar-refractivity contribution in [3.05, 3.63) is 63.9 Å². The molecule has 110 valence electrons. The first kappa shape index (κ1) is 15.5. The second kappa shape index (κ2) is 6.72. The molecule has 2 aromatic carbocycles. The van der Waals surface area contributed by atoms with Crippen LogP contribution in [0.5, 0.6) is 5.75 Å². The van der Waals surface area contributed by atoms with E-state index in [-0.39, 0.29) is 17.8 Å². The average molecular weight is 352 g/mol. The summed E-state index contributed by atoms with van der Waals surface area (Å²) in [4.78, 5) is 12.2. The summed E-state index contributed by atoms with van der Waals surface area (Å²) >= 11 is 3.35. The Kier molecular flexibility index (Phi) is 4.96. The lowest BCUT2D eigenvalue weighted by Crippen LogP contribution is -2.26. The van der Waals surface area contributed by atoms with Crippen molar-refractivity contribution in [3.63, 3.8) is 0 Å². The highest BCUT2D eigenvalue weighted by molar-refractivity contribution is 9.10. The quantitative estimate of drug-likeness (QED) is 0.900. The number of hydrogen-bond acceptors (Lipinski definition) is 2. The highest BCUT2D eigenvalue weighted by Crippen LogP contribution is 2.25. The van der Waals surface area contributed by atoms with Gasteiger partial charge in [0.2, 0.25) is 0 Å². The number of benzene rings is 2. The zero-order valence-electron chi connectivity index (χ0n) is 11.7. The fourth-order valence-electron chi connectivity index (χ4n) is 1.92. The van der Waals surface area contributed by atoms with E-state index < -0.39 is 0 Å². The Morgan fingerprint density at radius 1 is 1.24 bits per heavy atom. The van der Waals surface area contributed by atoms with Gasteiger partial charge in [0.15, 0.2) is 0 Å². The van der Waals surface area contributed by atoms with Crippen LogP contribution in [0.2, 0.25) is 0 Å². The minimum atomic E-state index is -0.295. The molecule has 0 heterocycles. The zero-order chi connectivity index (χ0) is 15.4. The molecular weight excluding hydrogens is 337 g/mol. The molecule has 0 bridgehead atoms. The molecule has 21 heavy (non-hydrogen) atoms. The van der Waals surface area contributed by atoms with Crippen molar-refractivity contribution in [2.24, 2.45) is 0 Å². The van der Waals surface area contributed by atoms with Crippen molar-refractivity contribution in [3.8, 4) is 5.75 Å². The monoisotopic (exact) mass is 351 g/mol. The predicted molar refractivity (Wildman–Crippen MR) is 83.0 cm³/mol. The van der Waals surface area contributed by atoms with Gasteiger partial charge < -0.3 is 10.1 Å². The first-order valence-corrected chi connectivity index (χ1v) is 7.20. The van der Waals surface area contributed by atoms with Gasteiger partial charge in [-0.3, -0.25) is 4.79 Å². The van der Waals surface area contributed by atoms with Crippen LogP contribution in [-0.2, 0) is 0 Å². The van der Waals surface area contributed by atoms with Crippen LogP contribution < -0.4 is 10.1 Å². The van der Waals surface area contributed by atoms with Crippen molar-refractivity contribution < 1.29 is 13.9 Å². The fourth-order valence-corrected chi connectivity index (χ4v) is 2.46. The topological polar surface area (TPSA) is 38.3 Å². The van der Waals surface area contributed by atoms with Crippen LogP contribution >= 0.6 is 15.9 Å². The van der Waals surface area contributed by atoms with Crippen LogP contribution in [-0.4, -0.2) is 13.0 Å². The number of ether oxygens (including phenoxy) is 1. The average Bonchev–Trinajstić information content (AvgIpc) is 2.47. The van der Waals surface area contributed by atoms with Crippen LogP contribution in [0.15, 0.2) is 46.9 Å². The maximum atomic E-state index is 12.9. The van der Waals surface area contributed by atoms with E-state index in [9.17, 15) is 9.18 Å². The Balaban J connectivity index is 2.10. The van der Waals surface area contributed by atoms with E-state index in [4.69, 9.17) is 4.74 Å². The summed E-state index contributed by atoms with van der Waals surface area (Å²) in [7, 11) is 1.57. The minimum absolute atomic E-state index is 0.199. The molecule has 3 nitrogen and oxygen atoms in total. The molecule has 0 radical (unpaired) electrons. The third-order valence-electron chi connectivity index (χ3n) is 3.13. The number of amides is 1. The van der Waals surface area contributed by atoms with E-state index in [0.717, 1.165) is 5.56 Å². The SMILES string of the molecule is COc1ccc(C(=O)NC(C)c2ccc(F)cc2)cc1Br. The largest absolute Gasteiger partial charge is 0.496 e. The minimum Gasteiger partial charge on any atom is -0.496 e. The summed E-state index contributed by atoms with van der Waals surface area (Å²) in [6, 6.07) is 11.0. The number of nitrogens with one attached hydrogen (secondary N) is 1. The smallest absolute Gasteiger partial charge is 0.251 e. The van der Waals surface area contributed by atoms with E-state index in [1.54, 1.807) is 37.4 Å². The van der Waals surface area contributed by atoms with Gasteiger partial charge in [-0.05, 0) is 58.7 Å². The number of methoxy groups -OCH3 is 1. The van der Waals surface area contributed by atoms with Crippen molar-refractivity contribution >= 4 is 21.8 Å². The lowest BCUT2D eigenvalue weighted by atomic mass is 10.1. The number of carbonyl (C=O) groups is 1. The third-order valence-corrected chi connectivity index (χ3v) is 3.75. The van der Waals surface area contributed by atoms with Crippen LogP contribution in [0.1, 0.15) is 28.9 Å². The van der Waals surface area contributed by atoms with Crippen molar-refractivity contribution in [1.29, 1.82) is 0 Å². The van der Waals surface area contributed by atoms with Gasteiger partial charge in [0.05, 0.1) is 17.6 Å². The Hall–Kier alpha value is -1.88. The van der Waals surface area contributed by atoms with E-state index in [1.807, 2.05) is 6.92 Å². The molecule has 0 aromatic heterocycles. The van der Waals surface area contributed by atoms with E-state index in [2.05, 4.69) is 21.2 Å². The lowest BCUT2D eigenvalue weighted by Gasteiger charge is -2.15. The maximum Gasteiger partial charge on any atom is 0.251 e. The second-order valence-corrected chi connectivity index (χ2v) is 5.45. The van der Waals surface area contributed by atoms with Crippen molar-refractivity contribution in [2.45, 2.75) is 13.0 Å². The van der Waals surface area contributed by atoms with Crippen molar-refractivity contribution in [1.82, 2.24) is 5.32 Å². The molecular formula is C16H15BrFNO2. The van der Waals surface area contributed by atoms with Crippen LogP contribution in [0, 0.1) is 5.82 Å². The molecule has 0 spiro atoms. The molecule has 2 rings (SSSR count). The first-order valence-electron chi connectivity index (χ1n) is 6.41. The van der Waals surface area contributed by atoms with Gasteiger partial charge >= 0.3 is 0 Å². The molecule has 0 aliphatic rings. The number of carbonyl (C=O) groups excluding carboxylic acids is 1. The van der Waals surface area contributed by atoms with Gasteiger partial charge in [0.25, 0.3) is 5.91 Å². The normalized spacial score (nSPS) is 11.8. The van der Waals surface area contributed by atoms with Gasteiger partial charge in [-0.25, -0.2) is 4.39 Å². The molecule has 2 aromatic rings. The fraction of sp³-hybridized carbons (Fsp3) is 0.188. The molecule has 5 heteroatoms. The number of rotatable bonds is 4. The summed E-state index contributed by atoms with van der Waals surface area (Å²) in [5, 5.41) is 2.87. The summed E-state index contributed by atoms with van der Waals surface area (Å²) in [6.07, 6.45) is 0. The van der Waals surface area contributed by atoms with Crippen LogP contribution in [0.25, 0.3) is 0 Å². The van der Waals surface area contributed by atoms with E-state index in [0.29, 0.717) is 15.8 Å². The molecule has 0 saturated heterocycles. The van der Waals surface area contributed by atoms with Crippen molar-refractivity contribution in [2.75, 3.05) is 7.11 Å². The standard InChI is InChI=1S/C16H15BrFNO2/c1-10(11-3-6-13(18)7-4-11)19-16(20)12-5-8-15(21-2)14(17)9-12/h3-10H,1-2H3,(H,19,20). The van der Waals surface area contributed by atoms with Crippen LogP contribution in [0.4, 0.5) is 4.39 Å². The van der Waals surface area contributed by atoms with Gasteiger partial charge in [0.1, 0.15) is 11.6 Å². The molecule has 1 N–H and O–H groups in total. The second-order valence-electron chi connectivity index (χ2n) is 4.60. The Bertz CT molecular complexity index is 643. The molecule has 1 unspecified atom stereocenters. The molecule has 0 aliphatic heterocycles. The Morgan fingerprint density at radius 2 is 1.90 bits per heavy atom. The van der Waals surface area contributed by atoms with Gasteiger partial charge in [-0.2, -0.15) is 0 Å². The predicted octanol–water partition coefficient (Wildman–Crippen LogP) is 4.09. The van der Waals surface area contributed by atoms with E-state index >= 15 is 0 Å². The van der Waals surface area contributed by atoms with E-state index in [1.165, 1.54) is 12.1 Å². The Labute approximate surface area is 131 Å². The van der Waals surface area contributed by atoms with Gasteiger partial charge in [0, 0.05) is 5.56 Å². The summed E-state index contributed by atoms with van der Waals surface area (Å²) in [5.41, 5.74) is 1.37. The molecule has 1 amide bonds. The number of hydrogen-bond donors (Lipinski definition) is 1. The Morgan fingerprint density at radius 3 is 2.48 bits per heavy atom. The number of halogens is 2. The maximum absolute atomic E-state index is 12.9. The highest BCUT2D eigenvalue weighted by atomic mass is 79.9. The van der Waals surface area contributed by atoms with Gasteiger partial charge in [-0.15, -0.1) is 0 Å². The molecule has 0 aliphatic carbocycles. The lowest BCUT2D eigenvalue weighted by molar-refractivity contribution is 0.0940. The molecule has 0 fully saturated rings. The highest BCUT2D eigenvalue weighted by Gasteiger charge is 2.13.